The fourth-order valence-corrected chi connectivity index (χ4v) is 2.32. The Morgan fingerprint density at radius 3 is 2.62 bits per heavy atom. The highest BCUT2D eigenvalue weighted by Gasteiger charge is 2.34. The van der Waals surface area contributed by atoms with Crippen LogP contribution in [-0.4, -0.2) is 12.5 Å². The van der Waals surface area contributed by atoms with Crippen molar-refractivity contribution < 1.29 is 27.1 Å². The van der Waals surface area contributed by atoms with Crippen LogP contribution >= 0.6 is 0 Å². The van der Waals surface area contributed by atoms with Crippen molar-refractivity contribution in [3.05, 3.63) is 70.6 Å². The zero-order chi connectivity index (χ0) is 18.7. The maximum Gasteiger partial charge on any atom is 0.419 e. The van der Waals surface area contributed by atoms with Gasteiger partial charge in [-0.1, -0.05) is 12.1 Å². The summed E-state index contributed by atoms with van der Waals surface area (Å²) in [7, 11) is 0. The molecule has 134 valence electrons. The minimum Gasteiger partial charge on any atom is -0.483 e. The summed E-state index contributed by atoms with van der Waals surface area (Å²) in [4.78, 5) is 23.1. The largest absolute Gasteiger partial charge is 0.483 e. The summed E-state index contributed by atoms with van der Waals surface area (Å²) in [6.07, 6.45) is -4.57. The highest BCUT2D eigenvalue weighted by atomic mass is 19.4. The summed E-state index contributed by atoms with van der Waals surface area (Å²) in [5.41, 5.74) is -0.700. The number of ether oxygens (including phenoxy) is 1. The molecule has 0 atom stereocenters. The number of anilines is 1. The summed E-state index contributed by atoms with van der Waals surface area (Å²) >= 11 is 0. The Hall–Kier alpha value is -3.29. The minimum absolute atomic E-state index is 0.353. The minimum atomic E-state index is -4.57. The second kappa shape index (κ2) is 6.91. The summed E-state index contributed by atoms with van der Waals surface area (Å²) < 4.78 is 48.6. The van der Waals surface area contributed by atoms with Crippen molar-refractivity contribution in [3.63, 3.8) is 0 Å². The Balaban J connectivity index is 1.68. The lowest BCUT2D eigenvalue weighted by atomic mass is 10.2. The number of carbonyl (C=O) groups is 1. The fourth-order valence-electron chi connectivity index (χ4n) is 2.32. The van der Waals surface area contributed by atoms with Crippen LogP contribution in [0.15, 0.2) is 63.8 Å². The van der Waals surface area contributed by atoms with Crippen LogP contribution in [0.4, 0.5) is 18.9 Å². The molecule has 0 aliphatic carbocycles. The molecule has 0 radical (unpaired) electrons. The highest BCUT2D eigenvalue weighted by molar-refractivity contribution is 5.94. The third-order valence-corrected chi connectivity index (χ3v) is 3.45. The second-order valence-corrected chi connectivity index (χ2v) is 5.34. The predicted molar refractivity (Wildman–Crippen MR) is 88.1 cm³/mol. The molecule has 8 heteroatoms. The molecule has 3 rings (SSSR count). The van der Waals surface area contributed by atoms with Crippen molar-refractivity contribution in [3.8, 4) is 5.75 Å². The smallest absolute Gasteiger partial charge is 0.419 e. The average molecular weight is 363 g/mol. The summed E-state index contributed by atoms with van der Waals surface area (Å²) in [5, 5.41) is 3.10. The van der Waals surface area contributed by atoms with E-state index in [-0.39, 0.29) is 0 Å². The predicted octanol–water partition coefficient (Wildman–Crippen LogP) is 3.83. The molecule has 0 saturated heterocycles. The molecule has 0 fully saturated rings. The van der Waals surface area contributed by atoms with Gasteiger partial charge in [-0.15, -0.1) is 0 Å². The van der Waals surface area contributed by atoms with E-state index in [1.165, 1.54) is 36.4 Å². The first-order chi connectivity index (χ1) is 12.3. The van der Waals surface area contributed by atoms with Crippen molar-refractivity contribution >= 4 is 22.6 Å². The van der Waals surface area contributed by atoms with Crippen molar-refractivity contribution in [2.75, 3.05) is 11.9 Å². The van der Waals surface area contributed by atoms with E-state index in [2.05, 4.69) is 5.32 Å². The van der Waals surface area contributed by atoms with Gasteiger partial charge >= 0.3 is 11.8 Å². The maximum atomic E-state index is 12.9. The Labute approximate surface area is 145 Å². The zero-order valence-electron chi connectivity index (χ0n) is 13.2. The van der Waals surface area contributed by atoms with Gasteiger partial charge in [0, 0.05) is 17.1 Å². The summed E-state index contributed by atoms with van der Waals surface area (Å²) in [5.74, 6) is -1.05. The monoisotopic (exact) mass is 363 g/mol. The van der Waals surface area contributed by atoms with Gasteiger partial charge in [-0.2, -0.15) is 13.2 Å². The van der Waals surface area contributed by atoms with E-state index in [4.69, 9.17) is 9.15 Å². The van der Waals surface area contributed by atoms with E-state index in [0.29, 0.717) is 16.7 Å². The van der Waals surface area contributed by atoms with Gasteiger partial charge in [0.25, 0.3) is 5.91 Å². The molecule has 1 aromatic heterocycles. The summed E-state index contributed by atoms with van der Waals surface area (Å²) in [6.45, 7) is -0.588. The van der Waals surface area contributed by atoms with Crippen molar-refractivity contribution in [2.24, 2.45) is 0 Å². The molecule has 1 N–H and O–H groups in total. The fraction of sp³-hybridized carbons (Fsp3) is 0.111. The van der Waals surface area contributed by atoms with Gasteiger partial charge in [0.05, 0.1) is 5.56 Å². The van der Waals surface area contributed by atoms with Gasteiger partial charge in [0.1, 0.15) is 11.3 Å². The van der Waals surface area contributed by atoms with Crippen LogP contribution in [0.1, 0.15) is 5.56 Å². The number of nitrogens with one attached hydrogen (secondary N) is 1. The number of para-hydroxylation sites is 1. The number of hydrogen-bond donors (Lipinski definition) is 1. The number of alkyl halides is 3. The van der Waals surface area contributed by atoms with Gasteiger partial charge in [0.2, 0.25) is 0 Å². The van der Waals surface area contributed by atoms with Crippen LogP contribution in [0.2, 0.25) is 0 Å². The number of halogens is 3. The van der Waals surface area contributed by atoms with E-state index in [1.807, 2.05) is 0 Å². The van der Waals surface area contributed by atoms with Gasteiger partial charge < -0.3 is 14.5 Å². The van der Waals surface area contributed by atoms with Crippen molar-refractivity contribution in [2.45, 2.75) is 6.18 Å². The number of rotatable bonds is 4. The van der Waals surface area contributed by atoms with Crippen LogP contribution < -0.4 is 15.7 Å². The molecule has 1 heterocycles. The van der Waals surface area contributed by atoms with Crippen molar-refractivity contribution in [1.82, 2.24) is 0 Å². The Bertz CT molecular complexity index is 1010. The van der Waals surface area contributed by atoms with Gasteiger partial charge in [-0.3, -0.25) is 4.79 Å². The third kappa shape index (κ3) is 4.02. The van der Waals surface area contributed by atoms with E-state index in [1.54, 1.807) is 6.07 Å². The molecular weight excluding hydrogens is 351 g/mol. The van der Waals surface area contributed by atoms with Crippen molar-refractivity contribution in [1.29, 1.82) is 0 Å². The molecule has 5 nitrogen and oxygen atoms in total. The highest BCUT2D eigenvalue weighted by Crippen LogP contribution is 2.35. The van der Waals surface area contributed by atoms with Crippen LogP contribution in [0.3, 0.4) is 0 Å². The molecule has 0 aliphatic heterocycles. The standard InChI is InChI=1S/C18H12F3NO4/c19-18(20,21)13-3-1-2-4-15(13)25-10-16(23)22-12-6-7-14-11(9-12)5-8-17(24)26-14/h1-9H,10H2,(H,22,23). The molecule has 0 spiro atoms. The topological polar surface area (TPSA) is 68.5 Å². The number of amides is 1. The van der Waals surface area contributed by atoms with E-state index < -0.39 is 35.6 Å². The number of hydrogen-bond acceptors (Lipinski definition) is 4. The summed E-state index contributed by atoms with van der Waals surface area (Å²) in [6, 6.07) is 12.0. The van der Waals surface area contributed by atoms with Crippen LogP contribution in [-0.2, 0) is 11.0 Å². The first-order valence-corrected chi connectivity index (χ1v) is 7.46. The lowest BCUT2D eigenvalue weighted by molar-refractivity contribution is -0.139. The molecule has 3 aromatic rings. The molecule has 0 saturated carbocycles. The molecule has 1 amide bonds. The first kappa shape index (κ1) is 17.5. The zero-order valence-corrected chi connectivity index (χ0v) is 13.2. The number of carbonyl (C=O) groups excluding carboxylic acids is 1. The molecule has 26 heavy (non-hydrogen) atoms. The molecule has 2 aromatic carbocycles. The number of fused-ring (bicyclic) bond motifs is 1. The van der Waals surface area contributed by atoms with Gasteiger partial charge in [-0.25, -0.2) is 4.79 Å². The van der Waals surface area contributed by atoms with E-state index in [9.17, 15) is 22.8 Å². The first-order valence-electron chi connectivity index (χ1n) is 7.46. The van der Waals surface area contributed by atoms with Crippen LogP contribution in [0.5, 0.6) is 5.75 Å². The van der Waals surface area contributed by atoms with Gasteiger partial charge in [-0.05, 0) is 36.4 Å². The molecule has 0 aliphatic rings. The SMILES string of the molecule is O=C(COc1ccccc1C(F)(F)F)Nc1ccc2oc(=O)ccc2c1. The van der Waals surface area contributed by atoms with E-state index in [0.717, 1.165) is 12.1 Å². The van der Waals surface area contributed by atoms with Crippen LogP contribution in [0.25, 0.3) is 11.0 Å². The molecule has 0 unspecified atom stereocenters. The lowest BCUT2D eigenvalue weighted by Crippen LogP contribution is -2.21. The quantitative estimate of drug-likeness (QED) is 0.716. The normalized spacial score (nSPS) is 11.3. The number of benzene rings is 2. The van der Waals surface area contributed by atoms with Gasteiger partial charge in [0.15, 0.2) is 6.61 Å². The Kier molecular flexibility index (Phi) is 4.66. The molecular formula is C18H12F3NO4. The average Bonchev–Trinajstić information content (AvgIpc) is 2.59. The third-order valence-electron chi connectivity index (χ3n) is 3.45. The van der Waals surface area contributed by atoms with E-state index >= 15 is 0 Å². The lowest BCUT2D eigenvalue weighted by Gasteiger charge is -2.13. The Morgan fingerprint density at radius 1 is 1.08 bits per heavy atom. The van der Waals surface area contributed by atoms with Crippen LogP contribution in [0, 0.1) is 0 Å². The second-order valence-electron chi connectivity index (χ2n) is 5.34. The maximum absolute atomic E-state index is 12.9. The Morgan fingerprint density at radius 2 is 1.85 bits per heavy atom. The molecule has 0 bridgehead atoms.